The van der Waals surface area contributed by atoms with Crippen molar-refractivity contribution in [1.82, 2.24) is 24.9 Å². The Hall–Kier alpha value is -4.79. The monoisotopic (exact) mass is 753 g/mol. The summed E-state index contributed by atoms with van der Waals surface area (Å²) in [6.07, 6.45) is 0.708. The Bertz CT molecular complexity index is 2000. The predicted molar refractivity (Wildman–Crippen MR) is 196 cm³/mol. The van der Waals surface area contributed by atoms with E-state index in [1.807, 2.05) is 37.3 Å². The molecule has 3 heterocycles. The predicted octanol–water partition coefficient (Wildman–Crippen LogP) is 8.40. The number of anilines is 4. The number of thiazole rings is 1. The Labute approximate surface area is 307 Å². The number of benzene rings is 2. The molecule has 0 saturated carbocycles. The first-order valence-corrected chi connectivity index (χ1v) is 17.5. The standard InChI is InChI=1S/C33H34Cl2FN11O3S/c1-3-12-48-13-7-10-39-31-43-30(36)44-32(45-31)50-16-15-49-14-11-38-29-26(46-47-33-41-27-24(35)17-21(34)18-25(27)51-33)20(2)23(19-37)28(42-29)40-22-8-5-4-6-9-22/h4-6,8-9,17-18H,3,7,10-16H2,1-2H3,(H2,38,40,42)(H,39,43,44,45). The molecule has 0 fully saturated rings. The maximum Gasteiger partial charge on any atom is 0.323 e. The van der Waals surface area contributed by atoms with Gasteiger partial charge in [0.15, 0.2) is 11.6 Å². The lowest BCUT2D eigenvalue weighted by atomic mass is 10.1. The van der Waals surface area contributed by atoms with Gasteiger partial charge in [-0.15, -0.1) is 15.2 Å². The molecule has 18 heteroatoms. The van der Waals surface area contributed by atoms with E-state index in [1.165, 1.54) is 11.3 Å². The topological polar surface area (TPSA) is 177 Å². The molecule has 14 nitrogen and oxygen atoms in total. The van der Waals surface area contributed by atoms with Crippen LogP contribution in [0.25, 0.3) is 10.2 Å². The molecule has 0 radical (unpaired) electrons. The molecule has 266 valence electrons. The lowest BCUT2D eigenvalue weighted by molar-refractivity contribution is 0.103. The maximum absolute atomic E-state index is 13.9. The molecule has 0 aliphatic heterocycles. The molecule has 5 aromatic rings. The highest BCUT2D eigenvalue weighted by Crippen LogP contribution is 2.38. The molecule has 5 rings (SSSR count). The first-order valence-electron chi connectivity index (χ1n) is 16.0. The molecule has 0 amide bonds. The zero-order valence-corrected chi connectivity index (χ0v) is 30.1. The molecule has 0 unspecified atom stereocenters. The molecule has 3 aromatic heterocycles. The molecular formula is C33H34Cl2FN11O3S. The lowest BCUT2D eigenvalue weighted by Gasteiger charge is -2.15. The van der Waals surface area contributed by atoms with Gasteiger partial charge < -0.3 is 30.2 Å². The molecule has 2 aromatic carbocycles. The number of azo groups is 1. The number of halogens is 3. The average Bonchev–Trinajstić information content (AvgIpc) is 3.52. The van der Waals surface area contributed by atoms with E-state index in [-0.39, 0.29) is 31.8 Å². The Kier molecular flexibility index (Phi) is 14.0. The number of pyridine rings is 1. The van der Waals surface area contributed by atoms with E-state index in [9.17, 15) is 9.65 Å². The number of rotatable bonds is 19. The largest absolute Gasteiger partial charge is 0.461 e. The van der Waals surface area contributed by atoms with Crippen molar-refractivity contribution in [2.24, 2.45) is 10.2 Å². The van der Waals surface area contributed by atoms with E-state index >= 15 is 0 Å². The Morgan fingerprint density at radius 1 is 0.902 bits per heavy atom. The zero-order chi connectivity index (χ0) is 36.0. The molecule has 0 atom stereocenters. The van der Waals surface area contributed by atoms with Crippen molar-refractivity contribution >= 4 is 78.8 Å². The van der Waals surface area contributed by atoms with E-state index in [0.717, 1.165) is 16.8 Å². The second-order valence-electron chi connectivity index (χ2n) is 10.7. The molecular weight excluding hydrogens is 720 g/mol. The Morgan fingerprint density at radius 3 is 2.53 bits per heavy atom. The number of nitrogens with zero attached hydrogens (tertiary/aromatic N) is 8. The van der Waals surface area contributed by atoms with Gasteiger partial charge in [-0.1, -0.05) is 59.7 Å². The third kappa shape index (κ3) is 10.8. The molecule has 0 saturated heterocycles. The van der Waals surface area contributed by atoms with Gasteiger partial charge in [0.25, 0.3) is 0 Å². The van der Waals surface area contributed by atoms with Gasteiger partial charge in [0.2, 0.25) is 11.1 Å². The van der Waals surface area contributed by atoms with Crippen LogP contribution >= 0.6 is 34.5 Å². The van der Waals surface area contributed by atoms with Crippen LogP contribution in [0, 0.1) is 24.3 Å². The Balaban J connectivity index is 1.21. The summed E-state index contributed by atoms with van der Waals surface area (Å²) in [5.41, 5.74) is 2.53. The zero-order valence-electron chi connectivity index (χ0n) is 27.8. The second-order valence-corrected chi connectivity index (χ2v) is 12.5. The average molecular weight is 755 g/mol. The lowest BCUT2D eigenvalue weighted by Crippen LogP contribution is -2.16. The van der Waals surface area contributed by atoms with Crippen LogP contribution in [0.5, 0.6) is 6.01 Å². The maximum atomic E-state index is 13.9. The summed E-state index contributed by atoms with van der Waals surface area (Å²) in [5.74, 6) is 0.795. The molecule has 3 N–H and O–H groups in total. The van der Waals surface area contributed by atoms with Crippen LogP contribution in [-0.2, 0) is 9.47 Å². The van der Waals surface area contributed by atoms with Gasteiger partial charge in [-0.05, 0) is 44.0 Å². The van der Waals surface area contributed by atoms with E-state index < -0.39 is 6.08 Å². The number of hydrogen-bond acceptors (Lipinski definition) is 15. The van der Waals surface area contributed by atoms with Gasteiger partial charge in [0, 0.05) is 42.6 Å². The number of nitriles is 1. The minimum absolute atomic E-state index is 0.0734. The van der Waals surface area contributed by atoms with Crippen molar-refractivity contribution in [2.45, 2.75) is 26.7 Å². The van der Waals surface area contributed by atoms with Crippen LogP contribution in [-0.4, -0.2) is 71.0 Å². The van der Waals surface area contributed by atoms with Crippen molar-refractivity contribution in [2.75, 3.05) is 62.1 Å². The summed E-state index contributed by atoms with van der Waals surface area (Å²) in [5, 5.41) is 29.5. The normalized spacial score (nSPS) is 11.2. The first-order chi connectivity index (χ1) is 24.8. The number of fused-ring (bicyclic) bond motifs is 1. The minimum atomic E-state index is -0.953. The smallest absolute Gasteiger partial charge is 0.323 e. The fourth-order valence-corrected chi connectivity index (χ4v) is 6.05. The number of hydrogen-bond donors (Lipinski definition) is 3. The fraction of sp³-hybridized carbons (Fsp3) is 0.333. The number of ether oxygens (including phenoxy) is 3. The molecule has 0 bridgehead atoms. The molecule has 0 spiro atoms. The van der Waals surface area contributed by atoms with E-state index in [2.05, 4.69) is 52.2 Å². The van der Waals surface area contributed by atoms with E-state index in [0.29, 0.717) is 81.9 Å². The van der Waals surface area contributed by atoms with Gasteiger partial charge >= 0.3 is 12.1 Å². The van der Waals surface area contributed by atoms with Crippen LogP contribution in [0.4, 0.5) is 38.5 Å². The minimum Gasteiger partial charge on any atom is -0.461 e. The van der Waals surface area contributed by atoms with Gasteiger partial charge in [-0.2, -0.15) is 19.6 Å². The number of para-hydroxylation sites is 1. The Morgan fingerprint density at radius 2 is 1.73 bits per heavy atom. The van der Waals surface area contributed by atoms with Crippen molar-refractivity contribution in [3.8, 4) is 12.1 Å². The van der Waals surface area contributed by atoms with Crippen LogP contribution < -0.4 is 20.7 Å². The summed E-state index contributed by atoms with van der Waals surface area (Å²) in [6, 6.07) is 14.8. The number of nitrogens with one attached hydrogen (secondary N) is 3. The highest BCUT2D eigenvalue weighted by molar-refractivity contribution is 7.22. The summed E-state index contributed by atoms with van der Waals surface area (Å²) in [6.45, 7) is 6.40. The van der Waals surface area contributed by atoms with E-state index in [1.54, 1.807) is 19.1 Å². The summed E-state index contributed by atoms with van der Waals surface area (Å²) in [4.78, 5) is 20.5. The van der Waals surface area contributed by atoms with Crippen molar-refractivity contribution in [3.63, 3.8) is 0 Å². The van der Waals surface area contributed by atoms with Gasteiger partial charge in [0.05, 0.1) is 28.5 Å². The van der Waals surface area contributed by atoms with E-state index in [4.69, 9.17) is 42.4 Å². The third-order valence-corrected chi connectivity index (χ3v) is 8.28. The SMILES string of the molecule is CCCOCCCNc1nc(F)nc(OCCOCCNc2nc(Nc3ccccc3)c(C#N)c(C)c2N=Nc2nc3c(Cl)cc(Cl)cc3s2)n1. The summed E-state index contributed by atoms with van der Waals surface area (Å²) >= 11 is 13.8. The van der Waals surface area contributed by atoms with Gasteiger partial charge in [0.1, 0.15) is 23.9 Å². The summed E-state index contributed by atoms with van der Waals surface area (Å²) in [7, 11) is 0. The van der Waals surface area contributed by atoms with Crippen molar-refractivity contribution in [3.05, 3.63) is 69.7 Å². The molecule has 0 aliphatic carbocycles. The van der Waals surface area contributed by atoms with Crippen LogP contribution in [0.3, 0.4) is 0 Å². The molecule has 0 aliphatic rings. The third-order valence-electron chi connectivity index (χ3n) is 6.88. The van der Waals surface area contributed by atoms with Crippen molar-refractivity contribution < 1.29 is 18.6 Å². The highest BCUT2D eigenvalue weighted by Gasteiger charge is 2.18. The highest BCUT2D eigenvalue weighted by atomic mass is 35.5. The number of aromatic nitrogens is 5. The fourth-order valence-electron chi connectivity index (χ4n) is 4.54. The second kappa shape index (κ2) is 19.0. The van der Waals surface area contributed by atoms with Crippen LogP contribution in [0.1, 0.15) is 30.9 Å². The quantitative estimate of drug-likeness (QED) is 0.0543. The van der Waals surface area contributed by atoms with Crippen LogP contribution in [0.15, 0.2) is 52.7 Å². The van der Waals surface area contributed by atoms with Gasteiger partial charge in [-0.25, -0.2) is 9.97 Å². The van der Waals surface area contributed by atoms with Crippen molar-refractivity contribution in [1.29, 1.82) is 5.26 Å². The van der Waals surface area contributed by atoms with Gasteiger partial charge in [-0.3, -0.25) is 0 Å². The molecule has 51 heavy (non-hydrogen) atoms. The summed E-state index contributed by atoms with van der Waals surface area (Å²) < 4.78 is 31.3. The van der Waals surface area contributed by atoms with Crippen LogP contribution in [0.2, 0.25) is 10.0 Å². The first kappa shape index (κ1) is 37.5.